The average molecular weight is 376 g/mol. The summed E-state index contributed by atoms with van der Waals surface area (Å²) in [5, 5.41) is 8.72. The summed E-state index contributed by atoms with van der Waals surface area (Å²) in [6.07, 6.45) is 4.59. The van der Waals surface area contributed by atoms with Crippen LogP contribution in [0, 0.1) is 0 Å². The molecule has 1 aliphatic heterocycles. The molecule has 28 heavy (non-hydrogen) atoms. The van der Waals surface area contributed by atoms with Crippen LogP contribution in [0.5, 0.6) is 5.75 Å². The third kappa shape index (κ3) is 3.75. The van der Waals surface area contributed by atoms with Crippen molar-refractivity contribution in [3.8, 4) is 17.0 Å². The molecule has 3 heterocycles. The first-order valence-electron chi connectivity index (χ1n) is 9.03. The van der Waals surface area contributed by atoms with Crippen molar-refractivity contribution in [1.29, 1.82) is 0 Å². The van der Waals surface area contributed by atoms with Gasteiger partial charge >= 0.3 is 0 Å². The van der Waals surface area contributed by atoms with Gasteiger partial charge in [-0.15, -0.1) is 10.2 Å². The number of rotatable bonds is 4. The summed E-state index contributed by atoms with van der Waals surface area (Å²) in [6, 6.07) is 11.6. The average Bonchev–Trinajstić information content (AvgIpc) is 2.79. The van der Waals surface area contributed by atoms with Crippen molar-refractivity contribution in [3.63, 3.8) is 0 Å². The van der Waals surface area contributed by atoms with E-state index in [4.69, 9.17) is 4.74 Å². The largest absolute Gasteiger partial charge is 0.497 e. The molecule has 0 N–H and O–H groups in total. The smallest absolute Gasteiger partial charge is 0.274 e. The van der Waals surface area contributed by atoms with Gasteiger partial charge in [-0.1, -0.05) is 0 Å². The van der Waals surface area contributed by atoms with Crippen LogP contribution in [0.2, 0.25) is 0 Å². The molecule has 142 valence electrons. The Labute approximate surface area is 162 Å². The molecule has 2 aromatic heterocycles. The van der Waals surface area contributed by atoms with E-state index in [0.717, 1.165) is 22.8 Å². The number of piperazine rings is 1. The van der Waals surface area contributed by atoms with E-state index in [9.17, 15) is 4.79 Å². The first kappa shape index (κ1) is 17.8. The number of amides is 1. The molecule has 3 aromatic rings. The lowest BCUT2D eigenvalue weighted by Gasteiger charge is -2.34. The maximum absolute atomic E-state index is 12.5. The van der Waals surface area contributed by atoms with Gasteiger partial charge in [0.15, 0.2) is 5.82 Å². The van der Waals surface area contributed by atoms with E-state index in [-0.39, 0.29) is 5.91 Å². The van der Waals surface area contributed by atoms with Crippen LogP contribution in [0.15, 0.2) is 55.0 Å². The van der Waals surface area contributed by atoms with Gasteiger partial charge < -0.3 is 14.5 Å². The lowest BCUT2D eigenvalue weighted by molar-refractivity contribution is 0.0740. The van der Waals surface area contributed by atoms with Crippen molar-refractivity contribution in [2.45, 2.75) is 0 Å². The van der Waals surface area contributed by atoms with Crippen LogP contribution in [0.25, 0.3) is 11.3 Å². The fourth-order valence-corrected chi connectivity index (χ4v) is 3.12. The molecule has 1 fully saturated rings. The molecule has 1 saturated heterocycles. The zero-order valence-electron chi connectivity index (χ0n) is 15.5. The zero-order chi connectivity index (χ0) is 19.3. The van der Waals surface area contributed by atoms with Gasteiger partial charge in [0.1, 0.15) is 11.4 Å². The van der Waals surface area contributed by atoms with E-state index < -0.39 is 0 Å². The topological polar surface area (TPSA) is 84.3 Å². The van der Waals surface area contributed by atoms with Gasteiger partial charge in [-0.2, -0.15) is 0 Å². The van der Waals surface area contributed by atoms with E-state index in [0.29, 0.717) is 31.9 Å². The summed E-state index contributed by atoms with van der Waals surface area (Å²) >= 11 is 0. The van der Waals surface area contributed by atoms with Crippen LogP contribution in [0.4, 0.5) is 5.82 Å². The Bertz CT molecular complexity index is 923. The highest BCUT2D eigenvalue weighted by Crippen LogP contribution is 2.22. The number of aromatic nitrogens is 4. The molecule has 8 nitrogen and oxygen atoms in total. The van der Waals surface area contributed by atoms with Crippen LogP contribution >= 0.6 is 0 Å². The maximum atomic E-state index is 12.5. The Morgan fingerprint density at radius 2 is 1.75 bits per heavy atom. The van der Waals surface area contributed by atoms with E-state index in [1.54, 1.807) is 18.2 Å². The lowest BCUT2D eigenvalue weighted by Crippen LogP contribution is -2.49. The van der Waals surface area contributed by atoms with Crippen molar-refractivity contribution < 1.29 is 9.53 Å². The van der Waals surface area contributed by atoms with Gasteiger partial charge in [0.25, 0.3) is 5.91 Å². The number of ether oxygens (including phenoxy) is 1. The van der Waals surface area contributed by atoms with Gasteiger partial charge in [-0.05, 0) is 36.4 Å². The summed E-state index contributed by atoms with van der Waals surface area (Å²) in [7, 11) is 1.64. The summed E-state index contributed by atoms with van der Waals surface area (Å²) in [5.74, 6) is 1.53. The second kappa shape index (κ2) is 7.99. The minimum Gasteiger partial charge on any atom is -0.497 e. The number of nitrogens with zero attached hydrogens (tertiary/aromatic N) is 6. The SMILES string of the molecule is COc1ccc(-c2ccc(N3CCN(C(=O)c4cnccn4)CC3)nn2)cc1. The van der Waals surface area contributed by atoms with Crippen LogP contribution in [-0.4, -0.2) is 64.3 Å². The molecule has 4 rings (SSSR count). The van der Waals surface area contributed by atoms with Crippen LogP contribution in [0.3, 0.4) is 0 Å². The van der Waals surface area contributed by atoms with Crippen molar-refractivity contribution in [2.24, 2.45) is 0 Å². The summed E-state index contributed by atoms with van der Waals surface area (Å²) in [6.45, 7) is 2.61. The van der Waals surface area contributed by atoms with Crippen molar-refractivity contribution >= 4 is 11.7 Å². The standard InChI is InChI=1S/C20H20N6O2/c1-28-16-4-2-15(3-5-16)17-6-7-19(24-23-17)25-10-12-26(13-11-25)20(27)18-14-21-8-9-22-18/h2-9,14H,10-13H2,1H3. The molecule has 0 radical (unpaired) electrons. The summed E-state index contributed by atoms with van der Waals surface area (Å²) < 4.78 is 5.18. The number of hydrogen-bond donors (Lipinski definition) is 0. The molecule has 0 aliphatic carbocycles. The highest BCUT2D eigenvalue weighted by molar-refractivity contribution is 5.92. The van der Waals surface area contributed by atoms with E-state index in [2.05, 4.69) is 25.1 Å². The molecule has 1 aliphatic rings. The van der Waals surface area contributed by atoms with Crippen molar-refractivity contribution in [1.82, 2.24) is 25.1 Å². The van der Waals surface area contributed by atoms with Crippen molar-refractivity contribution in [2.75, 3.05) is 38.2 Å². The highest BCUT2D eigenvalue weighted by Gasteiger charge is 2.23. The molecular formula is C20H20N6O2. The van der Waals surface area contributed by atoms with Gasteiger partial charge in [0.2, 0.25) is 0 Å². The molecule has 1 amide bonds. The molecule has 0 spiro atoms. The van der Waals surface area contributed by atoms with Crippen LogP contribution in [0.1, 0.15) is 10.5 Å². The van der Waals surface area contributed by atoms with Crippen LogP contribution in [-0.2, 0) is 0 Å². The summed E-state index contributed by atoms with van der Waals surface area (Å²) in [5.41, 5.74) is 2.17. The van der Waals surface area contributed by atoms with Crippen LogP contribution < -0.4 is 9.64 Å². The van der Waals surface area contributed by atoms with E-state index in [1.807, 2.05) is 36.4 Å². The molecule has 1 aromatic carbocycles. The second-order valence-corrected chi connectivity index (χ2v) is 6.38. The van der Waals surface area contributed by atoms with Gasteiger partial charge in [-0.25, -0.2) is 4.98 Å². The van der Waals surface area contributed by atoms with E-state index >= 15 is 0 Å². The fraction of sp³-hybridized carbons (Fsp3) is 0.250. The predicted octanol–water partition coefficient (Wildman–Crippen LogP) is 1.90. The fourth-order valence-electron chi connectivity index (χ4n) is 3.12. The van der Waals surface area contributed by atoms with Gasteiger partial charge in [-0.3, -0.25) is 9.78 Å². The molecular weight excluding hydrogens is 356 g/mol. The monoisotopic (exact) mass is 376 g/mol. The van der Waals surface area contributed by atoms with Gasteiger partial charge in [0.05, 0.1) is 19.0 Å². The molecule has 0 saturated carbocycles. The number of carbonyl (C=O) groups excluding carboxylic acids is 1. The Morgan fingerprint density at radius 3 is 2.36 bits per heavy atom. The molecule has 0 bridgehead atoms. The third-order valence-electron chi connectivity index (χ3n) is 4.71. The highest BCUT2D eigenvalue weighted by atomic mass is 16.5. The Hall–Kier alpha value is -3.55. The Morgan fingerprint density at radius 1 is 0.964 bits per heavy atom. The normalized spacial score (nSPS) is 14.0. The summed E-state index contributed by atoms with van der Waals surface area (Å²) in [4.78, 5) is 24.4. The minimum absolute atomic E-state index is 0.0892. The number of anilines is 1. The lowest BCUT2D eigenvalue weighted by atomic mass is 10.1. The van der Waals surface area contributed by atoms with Crippen molar-refractivity contribution in [3.05, 3.63) is 60.7 Å². The maximum Gasteiger partial charge on any atom is 0.274 e. The van der Waals surface area contributed by atoms with E-state index in [1.165, 1.54) is 12.4 Å². The first-order valence-corrected chi connectivity index (χ1v) is 9.03. The number of carbonyl (C=O) groups is 1. The third-order valence-corrected chi connectivity index (χ3v) is 4.71. The number of benzene rings is 1. The number of methoxy groups -OCH3 is 1. The molecule has 0 atom stereocenters. The minimum atomic E-state index is -0.0892. The molecule has 0 unspecified atom stereocenters. The second-order valence-electron chi connectivity index (χ2n) is 6.38. The first-order chi connectivity index (χ1) is 13.7. The number of hydrogen-bond acceptors (Lipinski definition) is 7. The van der Waals surface area contributed by atoms with Gasteiger partial charge in [0, 0.05) is 44.1 Å². The zero-order valence-corrected chi connectivity index (χ0v) is 15.5. The Balaban J connectivity index is 1.38. The predicted molar refractivity (Wildman–Crippen MR) is 104 cm³/mol. The molecule has 8 heteroatoms. The quantitative estimate of drug-likeness (QED) is 0.688. The Kier molecular flexibility index (Phi) is 5.09.